The third-order valence-electron chi connectivity index (χ3n) is 4.70. The van der Waals surface area contributed by atoms with Gasteiger partial charge in [-0.2, -0.15) is 0 Å². The lowest BCUT2D eigenvalue weighted by Gasteiger charge is -2.07. The summed E-state index contributed by atoms with van der Waals surface area (Å²) in [5.74, 6) is 0.363. The fraction of sp³-hybridized carbons (Fsp3) is 0.125. The Morgan fingerprint density at radius 1 is 1.06 bits per heavy atom. The third kappa shape index (κ3) is 5.07. The molecule has 0 atom stereocenters. The van der Waals surface area contributed by atoms with E-state index in [4.69, 9.17) is 9.84 Å². The molecule has 0 aliphatic heterocycles. The van der Waals surface area contributed by atoms with Crippen LogP contribution < -0.4 is 10.1 Å². The SMILES string of the molecule is Cc1ccccc1Oc1ccc2nc(CC(=O)NCc3cccc(C(=O)O)c3)sc2c1. The van der Waals surface area contributed by atoms with Gasteiger partial charge in [-0.05, 0) is 48.4 Å². The van der Waals surface area contributed by atoms with Crippen LogP contribution in [0.2, 0.25) is 0 Å². The van der Waals surface area contributed by atoms with Crippen LogP contribution in [-0.2, 0) is 17.8 Å². The number of hydrogen-bond acceptors (Lipinski definition) is 5. The Morgan fingerprint density at radius 3 is 2.71 bits per heavy atom. The summed E-state index contributed by atoms with van der Waals surface area (Å²) >= 11 is 1.45. The van der Waals surface area contributed by atoms with Crippen LogP contribution in [0, 0.1) is 6.92 Å². The molecule has 0 saturated heterocycles. The second kappa shape index (κ2) is 8.97. The molecule has 2 N–H and O–H groups in total. The number of carbonyl (C=O) groups excluding carboxylic acids is 1. The summed E-state index contributed by atoms with van der Waals surface area (Å²) in [5.41, 5.74) is 2.80. The van der Waals surface area contributed by atoms with E-state index in [0.717, 1.165) is 32.8 Å². The Balaban J connectivity index is 1.40. The first-order chi connectivity index (χ1) is 15.0. The molecule has 0 fully saturated rings. The molecule has 1 amide bonds. The molecule has 0 saturated carbocycles. The molecule has 4 rings (SSSR count). The van der Waals surface area contributed by atoms with E-state index in [1.807, 2.05) is 49.4 Å². The Kier molecular flexibility index (Phi) is 5.95. The summed E-state index contributed by atoms with van der Waals surface area (Å²) in [7, 11) is 0. The first-order valence-electron chi connectivity index (χ1n) is 9.70. The van der Waals surface area contributed by atoms with Crippen LogP contribution in [0.1, 0.15) is 26.5 Å². The Hall–Kier alpha value is -3.71. The first kappa shape index (κ1) is 20.6. The van der Waals surface area contributed by atoms with E-state index < -0.39 is 5.97 Å². The van der Waals surface area contributed by atoms with Crippen molar-refractivity contribution in [3.8, 4) is 11.5 Å². The van der Waals surface area contributed by atoms with Gasteiger partial charge in [0.1, 0.15) is 16.5 Å². The maximum absolute atomic E-state index is 12.3. The highest BCUT2D eigenvalue weighted by atomic mass is 32.1. The van der Waals surface area contributed by atoms with Gasteiger partial charge in [0, 0.05) is 12.6 Å². The van der Waals surface area contributed by atoms with Gasteiger partial charge < -0.3 is 15.2 Å². The maximum atomic E-state index is 12.3. The predicted octanol–water partition coefficient (Wildman–Crippen LogP) is 4.95. The molecule has 3 aromatic carbocycles. The Bertz CT molecular complexity index is 1270. The molecule has 31 heavy (non-hydrogen) atoms. The number of aromatic nitrogens is 1. The number of aryl methyl sites for hydroxylation is 1. The summed E-state index contributed by atoms with van der Waals surface area (Å²) in [4.78, 5) is 27.9. The van der Waals surface area contributed by atoms with Crippen molar-refractivity contribution >= 4 is 33.4 Å². The molecule has 4 aromatic rings. The molecule has 1 heterocycles. The van der Waals surface area contributed by atoms with Gasteiger partial charge in [-0.3, -0.25) is 4.79 Å². The number of para-hydroxylation sites is 1. The van der Waals surface area contributed by atoms with Crippen LogP contribution in [0.5, 0.6) is 11.5 Å². The smallest absolute Gasteiger partial charge is 0.335 e. The van der Waals surface area contributed by atoms with Crippen LogP contribution in [0.15, 0.2) is 66.7 Å². The predicted molar refractivity (Wildman–Crippen MR) is 120 cm³/mol. The summed E-state index contributed by atoms with van der Waals surface area (Å²) in [6, 6.07) is 20.0. The number of amides is 1. The largest absolute Gasteiger partial charge is 0.478 e. The third-order valence-corrected chi connectivity index (χ3v) is 5.72. The van der Waals surface area contributed by atoms with Gasteiger partial charge in [0.05, 0.1) is 22.2 Å². The van der Waals surface area contributed by atoms with Crippen molar-refractivity contribution in [2.45, 2.75) is 19.9 Å². The lowest BCUT2D eigenvalue weighted by molar-refractivity contribution is -0.120. The number of thiazole rings is 1. The quantitative estimate of drug-likeness (QED) is 0.431. The topological polar surface area (TPSA) is 88.5 Å². The molecular weight excluding hydrogens is 412 g/mol. The molecule has 0 unspecified atom stereocenters. The molecular formula is C24H20N2O4S. The zero-order chi connectivity index (χ0) is 21.8. The monoisotopic (exact) mass is 432 g/mol. The van der Waals surface area contributed by atoms with E-state index in [-0.39, 0.29) is 24.4 Å². The van der Waals surface area contributed by atoms with Crippen molar-refractivity contribution < 1.29 is 19.4 Å². The lowest BCUT2D eigenvalue weighted by atomic mass is 10.1. The molecule has 0 spiro atoms. The molecule has 7 heteroatoms. The molecule has 0 bridgehead atoms. The van der Waals surface area contributed by atoms with Gasteiger partial charge in [-0.15, -0.1) is 11.3 Å². The number of carbonyl (C=O) groups is 2. The molecule has 156 valence electrons. The number of benzene rings is 3. The minimum Gasteiger partial charge on any atom is -0.478 e. The molecule has 6 nitrogen and oxygen atoms in total. The average molecular weight is 433 g/mol. The number of nitrogens with zero attached hydrogens (tertiary/aromatic N) is 1. The van der Waals surface area contributed by atoms with Gasteiger partial charge in [0.2, 0.25) is 5.91 Å². The van der Waals surface area contributed by atoms with Gasteiger partial charge >= 0.3 is 5.97 Å². The highest BCUT2D eigenvalue weighted by Crippen LogP contribution is 2.30. The number of ether oxygens (including phenoxy) is 1. The number of carboxylic acids is 1. The van der Waals surface area contributed by atoms with Crippen LogP contribution in [-0.4, -0.2) is 22.0 Å². The fourth-order valence-electron chi connectivity index (χ4n) is 3.10. The number of nitrogens with one attached hydrogen (secondary N) is 1. The van der Waals surface area contributed by atoms with Gasteiger partial charge in [-0.25, -0.2) is 9.78 Å². The molecule has 0 aliphatic carbocycles. The minimum absolute atomic E-state index is 0.159. The van der Waals surface area contributed by atoms with E-state index in [0.29, 0.717) is 5.01 Å². The van der Waals surface area contributed by atoms with E-state index in [9.17, 15) is 9.59 Å². The van der Waals surface area contributed by atoms with Crippen LogP contribution in [0.25, 0.3) is 10.2 Å². The summed E-state index contributed by atoms with van der Waals surface area (Å²) in [5, 5.41) is 12.6. The van der Waals surface area contributed by atoms with Crippen molar-refractivity contribution in [3.63, 3.8) is 0 Å². The number of hydrogen-bond donors (Lipinski definition) is 2. The summed E-state index contributed by atoms with van der Waals surface area (Å²) < 4.78 is 6.93. The van der Waals surface area contributed by atoms with E-state index >= 15 is 0 Å². The van der Waals surface area contributed by atoms with E-state index in [1.165, 1.54) is 17.4 Å². The normalized spacial score (nSPS) is 10.7. The second-order valence-corrected chi connectivity index (χ2v) is 8.18. The average Bonchev–Trinajstić information content (AvgIpc) is 3.15. The minimum atomic E-state index is -0.992. The van der Waals surface area contributed by atoms with Gasteiger partial charge in [0.15, 0.2) is 0 Å². The van der Waals surface area contributed by atoms with Crippen LogP contribution in [0.4, 0.5) is 0 Å². The van der Waals surface area contributed by atoms with Crippen LogP contribution in [0.3, 0.4) is 0 Å². The second-order valence-electron chi connectivity index (χ2n) is 7.06. The number of fused-ring (bicyclic) bond motifs is 1. The fourth-order valence-corrected chi connectivity index (χ4v) is 4.10. The number of aromatic carboxylic acids is 1. The van der Waals surface area contributed by atoms with Crippen molar-refractivity contribution in [1.29, 1.82) is 0 Å². The Morgan fingerprint density at radius 2 is 1.90 bits per heavy atom. The highest BCUT2D eigenvalue weighted by molar-refractivity contribution is 7.18. The summed E-state index contributed by atoms with van der Waals surface area (Å²) in [6.07, 6.45) is 0.159. The van der Waals surface area contributed by atoms with Crippen molar-refractivity contribution in [1.82, 2.24) is 10.3 Å². The lowest BCUT2D eigenvalue weighted by Crippen LogP contribution is -2.24. The number of rotatable bonds is 7. The van der Waals surface area contributed by atoms with E-state index in [1.54, 1.807) is 18.2 Å². The number of carboxylic acid groups (broad SMARTS) is 1. The van der Waals surface area contributed by atoms with Gasteiger partial charge in [0.25, 0.3) is 0 Å². The molecule has 0 aliphatic rings. The first-order valence-corrected chi connectivity index (χ1v) is 10.5. The van der Waals surface area contributed by atoms with Crippen molar-refractivity contribution in [2.24, 2.45) is 0 Å². The zero-order valence-corrected chi connectivity index (χ0v) is 17.6. The van der Waals surface area contributed by atoms with Crippen LogP contribution >= 0.6 is 11.3 Å². The van der Waals surface area contributed by atoms with E-state index in [2.05, 4.69) is 10.3 Å². The standard InChI is InChI=1S/C24H20N2O4S/c1-15-5-2-3-8-20(15)30-18-9-10-19-21(12-18)31-23(26-19)13-22(27)25-14-16-6-4-7-17(11-16)24(28)29/h2-12H,13-14H2,1H3,(H,25,27)(H,28,29). The molecule has 0 radical (unpaired) electrons. The van der Waals surface area contributed by atoms with Crippen molar-refractivity contribution in [3.05, 3.63) is 88.4 Å². The molecule has 1 aromatic heterocycles. The maximum Gasteiger partial charge on any atom is 0.335 e. The highest BCUT2D eigenvalue weighted by Gasteiger charge is 2.11. The summed E-state index contributed by atoms with van der Waals surface area (Å²) in [6.45, 7) is 2.26. The van der Waals surface area contributed by atoms with Gasteiger partial charge in [-0.1, -0.05) is 30.3 Å². The Labute approximate surface area is 183 Å². The van der Waals surface area contributed by atoms with Crippen molar-refractivity contribution in [2.75, 3.05) is 0 Å². The zero-order valence-electron chi connectivity index (χ0n) is 16.8.